The molecule has 2 rings (SSSR count). The summed E-state index contributed by atoms with van der Waals surface area (Å²) in [4.78, 5) is 24.5. The van der Waals surface area contributed by atoms with E-state index in [4.69, 9.17) is 17.3 Å². The Morgan fingerprint density at radius 1 is 1.29 bits per heavy atom. The van der Waals surface area contributed by atoms with Crippen LogP contribution in [0.4, 0.5) is 0 Å². The fourth-order valence-corrected chi connectivity index (χ4v) is 3.73. The number of hydrogen-bond acceptors (Lipinski definition) is 3. The monoisotopic (exact) mass is 323 g/mol. The first-order valence-corrected chi connectivity index (χ1v) is 7.46. The Balaban J connectivity index is 2.69. The zero-order valence-corrected chi connectivity index (χ0v) is 12.8. The van der Waals surface area contributed by atoms with E-state index in [1.54, 1.807) is 41.8 Å². The number of carboxylic acids is 1. The molecule has 4 nitrogen and oxygen atoms in total. The summed E-state index contributed by atoms with van der Waals surface area (Å²) in [5.41, 5.74) is 4.34. The third-order valence-electron chi connectivity index (χ3n) is 3.57. The van der Waals surface area contributed by atoms with Crippen molar-refractivity contribution in [3.8, 4) is 0 Å². The molecule has 0 saturated heterocycles. The number of hydrogen-bond donors (Lipinski definition) is 2. The van der Waals surface area contributed by atoms with E-state index < -0.39 is 23.2 Å². The molecule has 0 saturated carbocycles. The van der Waals surface area contributed by atoms with Crippen molar-refractivity contribution >= 4 is 34.8 Å². The number of carboxylic acid groups (broad SMARTS) is 1. The Morgan fingerprint density at radius 3 is 2.43 bits per heavy atom. The summed E-state index contributed by atoms with van der Waals surface area (Å²) < 4.78 is 0. The van der Waals surface area contributed by atoms with Crippen molar-refractivity contribution < 1.29 is 14.7 Å². The van der Waals surface area contributed by atoms with Crippen LogP contribution >= 0.6 is 22.9 Å². The summed E-state index contributed by atoms with van der Waals surface area (Å²) in [6, 6.07) is 10.1. The topological polar surface area (TPSA) is 80.4 Å². The molecule has 110 valence electrons. The van der Waals surface area contributed by atoms with Crippen LogP contribution < -0.4 is 5.73 Å². The molecule has 1 aromatic heterocycles. The zero-order chi connectivity index (χ0) is 15.6. The average Bonchev–Trinajstić information content (AvgIpc) is 2.92. The Labute approximate surface area is 131 Å². The van der Waals surface area contributed by atoms with E-state index >= 15 is 0 Å². The molecule has 0 spiro atoms. The summed E-state index contributed by atoms with van der Waals surface area (Å²) in [5, 5.41) is 11.8. The maximum absolute atomic E-state index is 12.0. The van der Waals surface area contributed by atoms with Crippen molar-refractivity contribution in [2.24, 2.45) is 5.73 Å². The lowest BCUT2D eigenvalue weighted by Gasteiger charge is -2.32. The van der Waals surface area contributed by atoms with Gasteiger partial charge in [0.25, 0.3) is 0 Å². The van der Waals surface area contributed by atoms with Crippen molar-refractivity contribution in [2.45, 2.75) is 18.3 Å². The van der Waals surface area contributed by atoms with Gasteiger partial charge in [0.15, 0.2) is 0 Å². The summed E-state index contributed by atoms with van der Waals surface area (Å²) in [6.45, 7) is 1.48. The van der Waals surface area contributed by atoms with Gasteiger partial charge in [0.2, 0.25) is 5.91 Å². The molecule has 0 aliphatic carbocycles. The van der Waals surface area contributed by atoms with Crippen LogP contribution in [-0.4, -0.2) is 17.0 Å². The SMILES string of the molecule is CC(C(=O)O)(c1ccccc1Cl)C(C(N)=O)c1cccs1. The lowest BCUT2D eigenvalue weighted by molar-refractivity contribution is -0.146. The van der Waals surface area contributed by atoms with Gasteiger partial charge < -0.3 is 10.8 Å². The van der Waals surface area contributed by atoms with Crippen LogP contribution in [0.1, 0.15) is 23.3 Å². The van der Waals surface area contributed by atoms with E-state index in [0.717, 1.165) is 0 Å². The Hall–Kier alpha value is -1.85. The molecule has 0 aliphatic heterocycles. The van der Waals surface area contributed by atoms with Crippen LogP contribution in [0.25, 0.3) is 0 Å². The minimum absolute atomic E-state index is 0.296. The molecule has 2 aromatic rings. The van der Waals surface area contributed by atoms with E-state index in [9.17, 15) is 14.7 Å². The number of halogens is 1. The lowest BCUT2D eigenvalue weighted by atomic mass is 9.70. The quantitative estimate of drug-likeness (QED) is 0.887. The molecular formula is C15H14ClNO3S. The number of aliphatic carboxylic acids is 1. The van der Waals surface area contributed by atoms with Crippen molar-refractivity contribution in [3.05, 3.63) is 57.2 Å². The second-order valence-corrected chi connectivity index (χ2v) is 6.22. The number of primary amides is 1. The van der Waals surface area contributed by atoms with Crippen LogP contribution in [0, 0.1) is 0 Å². The van der Waals surface area contributed by atoms with Gasteiger partial charge in [-0.05, 0) is 30.0 Å². The number of carbonyl (C=O) groups is 2. The fraction of sp³-hybridized carbons (Fsp3) is 0.200. The Kier molecular flexibility index (Phi) is 4.34. The molecule has 2 unspecified atom stereocenters. The highest BCUT2D eigenvalue weighted by molar-refractivity contribution is 7.10. The van der Waals surface area contributed by atoms with E-state index in [0.29, 0.717) is 15.5 Å². The minimum Gasteiger partial charge on any atom is -0.481 e. The number of amides is 1. The standard InChI is InChI=1S/C15H14ClNO3S/c1-15(14(19)20,9-5-2-3-6-10(9)16)12(13(17)18)11-7-4-8-21-11/h2-8,12H,1H3,(H2,17,18)(H,19,20). The first-order chi connectivity index (χ1) is 9.89. The molecule has 0 radical (unpaired) electrons. The van der Waals surface area contributed by atoms with Crippen molar-refractivity contribution in [3.63, 3.8) is 0 Å². The van der Waals surface area contributed by atoms with Gasteiger partial charge in [-0.2, -0.15) is 0 Å². The van der Waals surface area contributed by atoms with Crippen LogP contribution in [-0.2, 0) is 15.0 Å². The second-order valence-electron chi connectivity index (χ2n) is 4.84. The molecule has 1 amide bonds. The number of rotatable bonds is 5. The van der Waals surface area contributed by atoms with Gasteiger partial charge in [-0.15, -0.1) is 11.3 Å². The Bertz CT molecular complexity index is 671. The smallest absolute Gasteiger partial charge is 0.315 e. The van der Waals surface area contributed by atoms with Gasteiger partial charge in [0.1, 0.15) is 5.41 Å². The minimum atomic E-state index is -1.53. The summed E-state index contributed by atoms with van der Waals surface area (Å²) in [6.07, 6.45) is 0. The highest BCUT2D eigenvalue weighted by Crippen LogP contribution is 2.43. The molecule has 1 aromatic carbocycles. The number of carbonyl (C=O) groups excluding carboxylic acids is 1. The highest BCUT2D eigenvalue weighted by atomic mass is 35.5. The molecule has 0 fully saturated rings. The maximum atomic E-state index is 12.0. The van der Waals surface area contributed by atoms with E-state index in [2.05, 4.69) is 0 Å². The highest BCUT2D eigenvalue weighted by Gasteiger charge is 2.48. The van der Waals surface area contributed by atoms with E-state index in [1.807, 2.05) is 0 Å². The maximum Gasteiger partial charge on any atom is 0.315 e. The summed E-state index contributed by atoms with van der Waals surface area (Å²) in [7, 11) is 0. The lowest BCUT2D eigenvalue weighted by Crippen LogP contribution is -2.44. The first-order valence-electron chi connectivity index (χ1n) is 6.20. The molecule has 3 N–H and O–H groups in total. The van der Waals surface area contributed by atoms with Crippen molar-refractivity contribution in [2.75, 3.05) is 0 Å². The van der Waals surface area contributed by atoms with Gasteiger partial charge in [-0.1, -0.05) is 35.9 Å². The third kappa shape index (κ3) is 2.66. The van der Waals surface area contributed by atoms with Crippen LogP contribution in [0.3, 0.4) is 0 Å². The fourth-order valence-electron chi connectivity index (χ4n) is 2.44. The van der Waals surface area contributed by atoms with Crippen LogP contribution in [0.5, 0.6) is 0 Å². The van der Waals surface area contributed by atoms with Gasteiger partial charge in [-0.25, -0.2) is 0 Å². The number of benzene rings is 1. The van der Waals surface area contributed by atoms with Crippen molar-refractivity contribution in [1.29, 1.82) is 0 Å². The molecule has 0 bridgehead atoms. The third-order valence-corrected chi connectivity index (χ3v) is 4.83. The molecular weight excluding hydrogens is 310 g/mol. The normalized spacial score (nSPS) is 15.1. The molecule has 0 aliphatic rings. The largest absolute Gasteiger partial charge is 0.481 e. The predicted octanol–water partition coefficient (Wildman–Crippen LogP) is 3.01. The molecule has 1 heterocycles. The number of thiophene rings is 1. The number of nitrogens with two attached hydrogens (primary N) is 1. The van der Waals surface area contributed by atoms with E-state index in [1.165, 1.54) is 18.3 Å². The van der Waals surface area contributed by atoms with Gasteiger partial charge >= 0.3 is 5.97 Å². The second kappa shape index (κ2) is 5.87. The van der Waals surface area contributed by atoms with Crippen LogP contribution in [0.15, 0.2) is 41.8 Å². The summed E-state index contributed by atoms with van der Waals surface area (Å²) >= 11 is 7.45. The zero-order valence-electron chi connectivity index (χ0n) is 11.2. The van der Waals surface area contributed by atoms with Gasteiger partial charge in [0, 0.05) is 9.90 Å². The van der Waals surface area contributed by atoms with Crippen LogP contribution in [0.2, 0.25) is 5.02 Å². The van der Waals surface area contributed by atoms with E-state index in [-0.39, 0.29) is 0 Å². The van der Waals surface area contributed by atoms with Gasteiger partial charge in [-0.3, -0.25) is 9.59 Å². The van der Waals surface area contributed by atoms with Crippen molar-refractivity contribution in [1.82, 2.24) is 0 Å². The Morgan fingerprint density at radius 2 is 1.95 bits per heavy atom. The first kappa shape index (κ1) is 15.5. The molecule has 21 heavy (non-hydrogen) atoms. The average molecular weight is 324 g/mol. The molecule has 2 atom stereocenters. The molecule has 6 heteroatoms. The van der Waals surface area contributed by atoms with Gasteiger partial charge in [0.05, 0.1) is 5.92 Å². The predicted molar refractivity (Wildman–Crippen MR) is 82.7 cm³/mol. The summed E-state index contributed by atoms with van der Waals surface area (Å²) in [5.74, 6) is -2.83.